The Balaban J connectivity index is 1.74. The lowest BCUT2D eigenvalue weighted by atomic mass is 10.1. The molecule has 0 saturated carbocycles. The van der Waals surface area contributed by atoms with Gasteiger partial charge in [0.2, 0.25) is 0 Å². The molecule has 0 aliphatic carbocycles. The Labute approximate surface area is 178 Å². The van der Waals surface area contributed by atoms with Gasteiger partial charge in [0.15, 0.2) is 15.7 Å². The molecule has 5 nitrogen and oxygen atoms in total. The van der Waals surface area contributed by atoms with Crippen LogP contribution in [0.1, 0.15) is 29.0 Å². The first-order valence-corrected chi connectivity index (χ1v) is 12.7. The van der Waals surface area contributed by atoms with E-state index in [1.165, 1.54) is 16.7 Å². The van der Waals surface area contributed by atoms with Crippen LogP contribution in [0.2, 0.25) is 0 Å². The van der Waals surface area contributed by atoms with Gasteiger partial charge in [-0.15, -0.1) is 22.7 Å². The van der Waals surface area contributed by atoms with E-state index in [-0.39, 0.29) is 6.04 Å². The second kappa shape index (κ2) is 7.51. The van der Waals surface area contributed by atoms with Crippen molar-refractivity contribution in [3.8, 4) is 10.7 Å². The van der Waals surface area contributed by atoms with Crippen LogP contribution in [-0.4, -0.2) is 24.6 Å². The molecule has 0 aliphatic heterocycles. The van der Waals surface area contributed by atoms with E-state index in [2.05, 4.69) is 19.2 Å². The Morgan fingerprint density at radius 2 is 1.79 bits per heavy atom. The summed E-state index contributed by atoms with van der Waals surface area (Å²) in [7, 11) is -3.21. The number of sulfone groups is 1. The Hall–Kier alpha value is -2.29. The molecular formula is C21H21N3O2S3. The average Bonchev–Trinajstić information content (AvgIpc) is 3.30. The van der Waals surface area contributed by atoms with Crippen LogP contribution >= 0.6 is 22.7 Å². The van der Waals surface area contributed by atoms with Gasteiger partial charge >= 0.3 is 0 Å². The molecule has 1 aromatic carbocycles. The number of fused-ring (bicyclic) bond motifs is 1. The number of aromatic nitrogens is 2. The molecule has 0 amide bonds. The Bertz CT molecular complexity index is 1280. The molecule has 4 aromatic rings. The quantitative estimate of drug-likeness (QED) is 0.434. The highest BCUT2D eigenvalue weighted by Crippen LogP contribution is 2.37. The second-order valence-corrected chi connectivity index (χ2v) is 11.2. The summed E-state index contributed by atoms with van der Waals surface area (Å²) in [6, 6.07) is 11.0. The number of thiophene rings is 2. The van der Waals surface area contributed by atoms with Gasteiger partial charge in [-0.3, -0.25) is 0 Å². The van der Waals surface area contributed by atoms with Gasteiger partial charge in [0.05, 0.1) is 15.2 Å². The van der Waals surface area contributed by atoms with Gasteiger partial charge in [-0.2, -0.15) is 0 Å². The number of hydrogen-bond donors (Lipinski definition) is 1. The zero-order valence-electron chi connectivity index (χ0n) is 16.6. The highest BCUT2D eigenvalue weighted by Gasteiger charge is 2.18. The van der Waals surface area contributed by atoms with Crippen molar-refractivity contribution in [1.82, 2.24) is 9.97 Å². The molecule has 0 aliphatic rings. The fourth-order valence-corrected chi connectivity index (χ4v) is 5.48. The van der Waals surface area contributed by atoms with Crippen LogP contribution < -0.4 is 5.32 Å². The van der Waals surface area contributed by atoms with E-state index in [4.69, 9.17) is 9.97 Å². The second-order valence-electron chi connectivity index (χ2n) is 7.04. The molecule has 0 radical (unpaired) electrons. The number of nitrogens with zero attached hydrogens (tertiary/aromatic N) is 2. The Morgan fingerprint density at radius 1 is 1.07 bits per heavy atom. The van der Waals surface area contributed by atoms with Crippen molar-refractivity contribution >= 4 is 48.5 Å². The molecule has 150 valence electrons. The first-order valence-electron chi connectivity index (χ1n) is 9.12. The van der Waals surface area contributed by atoms with Crippen LogP contribution in [0.5, 0.6) is 0 Å². The van der Waals surface area contributed by atoms with Crippen molar-refractivity contribution in [1.29, 1.82) is 0 Å². The summed E-state index contributed by atoms with van der Waals surface area (Å²) in [5.74, 6) is 1.52. The summed E-state index contributed by atoms with van der Waals surface area (Å²) in [5, 5.41) is 6.60. The van der Waals surface area contributed by atoms with Gasteiger partial charge in [0, 0.05) is 17.2 Å². The molecule has 4 rings (SSSR count). The number of hydrogen-bond acceptors (Lipinski definition) is 7. The van der Waals surface area contributed by atoms with E-state index in [9.17, 15) is 8.42 Å². The molecule has 3 aromatic heterocycles. The van der Waals surface area contributed by atoms with Gasteiger partial charge in [-0.1, -0.05) is 18.2 Å². The third kappa shape index (κ3) is 3.92. The lowest BCUT2D eigenvalue weighted by Crippen LogP contribution is -2.09. The smallest absolute Gasteiger partial charge is 0.175 e. The zero-order chi connectivity index (χ0) is 20.8. The fraction of sp³-hybridized carbons (Fsp3) is 0.238. The summed E-state index contributed by atoms with van der Waals surface area (Å²) < 4.78 is 23.4. The zero-order valence-corrected chi connectivity index (χ0v) is 19.0. The number of benzene rings is 1. The number of nitrogens with one attached hydrogen (secondary N) is 1. The van der Waals surface area contributed by atoms with Crippen LogP contribution in [0.25, 0.3) is 20.9 Å². The minimum Gasteiger partial charge on any atom is -0.363 e. The van der Waals surface area contributed by atoms with E-state index in [1.54, 1.807) is 34.8 Å². The summed E-state index contributed by atoms with van der Waals surface area (Å²) in [6.07, 6.45) is 1.22. The molecule has 0 fully saturated rings. The van der Waals surface area contributed by atoms with Crippen LogP contribution in [-0.2, 0) is 9.84 Å². The summed E-state index contributed by atoms with van der Waals surface area (Å²) in [5.41, 5.74) is 2.18. The monoisotopic (exact) mass is 443 g/mol. The fourth-order valence-electron chi connectivity index (χ4n) is 3.16. The van der Waals surface area contributed by atoms with Crippen molar-refractivity contribution in [2.24, 2.45) is 0 Å². The topological polar surface area (TPSA) is 72.0 Å². The van der Waals surface area contributed by atoms with Crippen molar-refractivity contribution in [3.05, 3.63) is 57.8 Å². The normalized spacial score (nSPS) is 13.0. The summed E-state index contributed by atoms with van der Waals surface area (Å²) >= 11 is 3.30. The molecule has 1 atom stereocenters. The first-order chi connectivity index (χ1) is 13.7. The van der Waals surface area contributed by atoms with E-state index in [1.807, 2.05) is 36.6 Å². The standard InChI is InChI=1S/C21H21N3O2S3/c1-12-14(3)28-21-18(12)20(23-19(24-21)17-6-5-11-27-17)22-13(2)15-7-9-16(10-8-15)29(4,25)26/h5-11,13H,1-4H3,(H,22,23,24). The third-order valence-corrected chi connectivity index (χ3v) is 8.03. The van der Waals surface area contributed by atoms with E-state index in [0.717, 1.165) is 32.3 Å². The minimum absolute atomic E-state index is 0.0440. The molecule has 0 bridgehead atoms. The van der Waals surface area contributed by atoms with Crippen LogP contribution in [0, 0.1) is 13.8 Å². The number of anilines is 1. The number of rotatable bonds is 5. The molecule has 29 heavy (non-hydrogen) atoms. The van der Waals surface area contributed by atoms with E-state index in [0.29, 0.717) is 4.90 Å². The maximum Gasteiger partial charge on any atom is 0.175 e. The van der Waals surface area contributed by atoms with Gasteiger partial charge in [0.1, 0.15) is 10.6 Å². The summed E-state index contributed by atoms with van der Waals surface area (Å²) in [4.78, 5) is 13.2. The Kier molecular flexibility index (Phi) is 5.18. The van der Waals surface area contributed by atoms with E-state index >= 15 is 0 Å². The molecule has 8 heteroatoms. The Morgan fingerprint density at radius 3 is 2.41 bits per heavy atom. The van der Waals surface area contributed by atoms with Gasteiger partial charge in [0.25, 0.3) is 0 Å². The SMILES string of the molecule is Cc1sc2nc(-c3cccs3)nc(NC(C)c3ccc(S(C)(=O)=O)cc3)c2c1C. The summed E-state index contributed by atoms with van der Waals surface area (Å²) in [6.45, 7) is 6.24. The molecular weight excluding hydrogens is 422 g/mol. The molecule has 0 saturated heterocycles. The molecule has 0 spiro atoms. The predicted octanol–water partition coefficient (Wildman–Crippen LogP) is 5.61. The predicted molar refractivity (Wildman–Crippen MR) is 122 cm³/mol. The van der Waals surface area contributed by atoms with Crippen molar-refractivity contribution in [3.63, 3.8) is 0 Å². The maximum atomic E-state index is 11.7. The van der Waals surface area contributed by atoms with Crippen molar-refractivity contribution < 1.29 is 8.42 Å². The number of aryl methyl sites for hydroxylation is 2. The highest BCUT2D eigenvalue weighted by atomic mass is 32.2. The lowest BCUT2D eigenvalue weighted by Gasteiger charge is -2.17. The third-order valence-electron chi connectivity index (χ3n) is 4.93. The largest absolute Gasteiger partial charge is 0.363 e. The molecule has 1 unspecified atom stereocenters. The first kappa shape index (κ1) is 20.0. The molecule has 1 N–H and O–H groups in total. The van der Waals surface area contributed by atoms with Gasteiger partial charge < -0.3 is 5.32 Å². The van der Waals surface area contributed by atoms with Crippen LogP contribution in [0.4, 0.5) is 5.82 Å². The van der Waals surface area contributed by atoms with Gasteiger partial charge in [-0.05, 0) is 55.5 Å². The average molecular weight is 444 g/mol. The van der Waals surface area contributed by atoms with Crippen LogP contribution in [0.15, 0.2) is 46.7 Å². The van der Waals surface area contributed by atoms with Crippen molar-refractivity contribution in [2.75, 3.05) is 11.6 Å². The lowest BCUT2D eigenvalue weighted by molar-refractivity contribution is 0.602. The van der Waals surface area contributed by atoms with Crippen molar-refractivity contribution in [2.45, 2.75) is 31.7 Å². The molecule has 3 heterocycles. The highest BCUT2D eigenvalue weighted by molar-refractivity contribution is 7.90. The van der Waals surface area contributed by atoms with Crippen LogP contribution in [0.3, 0.4) is 0 Å². The maximum absolute atomic E-state index is 11.7. The van der Waals surface area contributed by atoms with E-state index < -0.39 is 9.84 Å². The van der Waals surface area contributed by atoms with Gasteiger partial charge in [-0.25, -0.2) is 18.4 Å². The minimum atomic E-state index is -3.21.